The number of rotatable bonds is 3. The average molecular weight is 378 g/mol. The van der Waals surface area contributed by atoms with Crippen LogP contribution in [0.1, 0.15) is 11.1 Å². The predicted molar refractivity (Wildman–Crippen MR) is 105 cm³/mol. The van der Waals surface area contributed by atoms with Crippen molar-refractivity contribution in [1.82, 2.24) is 9.55 Å². The molecule has 126 valence electrons. The molecule has 0 aliphatic carbocycles. The fourth-order valence-electron chi connectivity index (χ4n) is 2.86. The summed E-state index contributed by atoms with van der Waals surface area (Å²) in [5.74, 6) is 0. The number of benzene rings is 2. The van der Waals surface area contributed by atoms with Gasteiger partial charge in [-0.1, -0.05) is 35.9 Å². The molecule has 0 fully saturated rings. The summed E-state index contributed by atoms with van der Waals surface area (Å²) in [6, 6.07) is 16.8. The van der Waals surface area contributed by atoms with Gasteiger partial charge in [0.25, 0.3) is 5.56 Å². The van der Waals surface area contributed by atoms with Crippen LogP contribution in [0.25, 0.3) is 21.3 Å². The Morgan fingerprint density at radius 3 is 2.77 bits per heavy atom. The van der Waals surface area contributed by atoms with Crippen LogP contribution in [0.2, 0.25) is 5.02 Å². The number of hydrogen-bond donors (Lipinski definition) is 0. The maximum Gasteiger partial charge on any atom is 0.263 e. The third-order valence-electron chi connectivity index (χ3n) is 4.12. The molecule has 6 heteroatoms. The van der Waals surface area contributed by atoms with E-state index in [4.69, 9.17) is 16.9 Å². The topological polar surface area (TPSA) is 58.7 Å². The minimum atomic E-state index is -0.0939. The Hall–Kier alpha value is -2.94. The van der Waals surface area contributed by atoms with Crippen LogP contribution in [0.4, 0.5) is 0 Å². The maximum atomic E-state index is 13.0. The van der Waals surface area contributed by atoms with E-state index < -0.39 is 0 Å². The second-order valence-corrected chi connectivity index (χ2v) is 7.12. The number of nitriles is 1. The predicted octanol–water partition coefficient (Wildman–Crippen LogP) is 4.70. The van der Waals surface area contributed by atoms with Crippen LogP contribution in [0.3, 0.4) is 0 Å². The van der Waals surface area contributed by atoms with Gasteiger partial charge in [-0.25, -0.2) is 4.98 Å². The zero-order valence-corrected chi connectivity index (χ0v) is 15.1. The molecule has 0 radical (unpaired) electrons. The second kappa shape index (κ2) is 6.75. The number of fused-ring (bicyclic) bond motifs is 1. The molecule has 2 aromatic heterocycles. The Bertz CT molecular complexity index is 1200. The highest BCUT2D eigenvalue weighted by molar-refractivity contribution is 7.17. The first-order chi connectivity index (χ1) is 12.7. The van der Waals surface area contributed by atoms with Crippen molar-refractivity contribution in [2.24, 2.45) is 0 Å². The lowest BCUT2D eigenvalue weighted by atomic mass is 10.1. The summed E-state index contributed by atoms with van der Waals surface area (Å²) >= 11 is 7.41. The van der Waals surface area contributed by atoms with Gasteiger partial charge in [0.15, 0.2) is 0 Å². The zero-order chi connectivity index (χ0) is 18.1. The van der Waals surface area contributed by atoms with Crippen molar-refractivity contribution in [2.45, 2.75) is 6.54 Å². The largest absolute Gasteiger partial charge is 0.294 e. The van der Waals surface area contributed by atoms with Gasteiger partial charge in [0.05, 0.1) is 29.9 Å². The molecule has 0 amide bonds. The van der Waals surface area contributed by atoms with E-state index in [2.05, 4.69) is 11.1 Å². The van der Waals surface area contributed by atoms with Crippen molar-refractivity contribution < 1.29 is 0 Å². The Kier molecular flexibility index (Phi) is 4.29. The molecular weight excluding hydrogens is 366 g/mol. The van der Waals surface area contributed by atoms with E-state index in [1.165, 1.54) is 11.3 Å². The minimum absolute atomic E-state index is 0.0939. The van der Waals surface area contributed by atoms with E-state index >= 15 is 0 Å². The van der Waals surface area contributed by atoms with Gasteiger partial charge >= 0.3 is 0 Å². The number of aromatic nitrogens is 2. The Morgan fingerprint density at radius 2 is 2.00 bits per heavy atom. The smallest absolute Gasteiger partial charge is 0.263 e. The first-order valence-electron chi connectivity index (χ1n) is 7.87. The first-order valence-corrected chi connectivity index (χ1v) is 9.13. The molecule has 2 heterocycles. The molecule has 4 nitrogen and oxygen atoms in total. The lowest BCUT2D eigenvalue weighted by Gasteiger charge is -2.07. The molecule has 0 spiro atoms. The summed E-state index contributed by atoms with van der Waals surface area (Å²) in [6.45, 7) is 0.368. The summed E-state index contributed by atoms with van der Waals surface area (Å²) in [7, 11) is 0. The van der Waals surface area contributed by atoms with Crippen molar-refractivity contribution in [3.05, 3.63) is 86.7 Å². The number of thiophene rings is 1. The molecule has 0 N–H and O–H groups in total. The lowest BCUT2D eigenvalue weighted by molar-refractivity contribution is 0.749. The quantitative estimate of drug-likeness (QED) is 0.520. The standard InChI is InChI=1S/C20H12ClN3OS/c21-16-6-4-15(5-7-16)17-11-26-19-18(17)20(25)24(12-23-19)10-14-3-1-2-13(8-14)9-22/h1-8,11-12H,10H2. The van der Waals surface area contributed by atoms with Gasteiger partial charge < -0.3 is 0 Å². The molecule has 0 bridgehead atoms. The first kappa shape index (κ1) is 16.5. The van der Waals surface area contributed by atoms with Gasteiger partial charge in [0.2, 0.25) is 0 Å². The Labute approximate surface area is 158 Å². The van der Waals surface area contributed by atoms with Gasteiger partial charge in [-0.3, -0.25) is 9.36 Å². The van der Waals surface area contributed by atoms with Crippen LogP contribution in [0.15, 0.2) is 65.0 Å². The minimum Gasteiger partial charge on any atom is -0.294 e. The molecule has 2 aromatic carbocycles. The van der Waals surface area contributed by atoms with Gasteiger partial charge in [0.1, 0.15) is 4.83 Å². The van der Waals surface area contributed by atoms with Gasteiger partial charge in [0, 0.05) is 16.0 Å². The summed E-state index contributed by atoms with van der Waals surface area (Å²) < 4.78 is 1.57. The summed E-state index contributed by atoms with van der Waals surface area (Å²) in [6.07, 6.45) is 1.56. The highest BCUT2D eigenvalue weighted by Crippen LogP contribution is 2.31. The molecule has 0 saturated heterocycles. The van der Waals surface area contributed by atoms with Crippen molar-refractivity contribution in [3.8, 4) is 17.2 Å². The Morgan fingerprint density at radius 1 is 1.19 bits per heavy atom. The van der Waals surface area contributed by atoms with E-state index in [1.54, 1.807) is 23.0 Å². The molecular formula is C20H12ClN3OS. The number of nitrogens with zero attached hydrogens (tertiary/aromatic N) is 3. The summed E-state index contributed by atoms with van der Waals surface area (Å²) in [5, 5.41) is 12.2. The van der Waals surface area contributed by atoms with Crippen LogP contribution >= 0.6 is 22.9 Å². The molecule has 0 unspecified atom stereocenters. The molecule has 4 rings (SSSR count). The molecule has 4 aromatic rings. The third kappa shape index (κ3) is 3.01. The van der Waals surface area contributed by atoms with E-state index in [-0.39, 0.29) is 5.56 Å². The van der Waals surface area contributed by atoms with E-state index in [0.29, 0.717) is 27.3 Å². The molecule has 26 heavy (non-hydrogen) atoms. The van der Waals surface area contributed by atoms with Crippen molar-refractivity contribution in [1.29, 1.82) is 5.26 Å². The zero-order valence-electron chi connectivity index (χ0n) is 13.5. The van der Waals surface area contributed by atoms with Gasteiger partial charge in [-0.15, -0.1) is 11.3 Å². The van der Waals surface area contributed by atoms with E-state index in [0.717, 1.165) is 16.7 Å². The normalized spacial score (nSPS) is 10.8. The Balaban J connectivity index is 1.81. The highest BCUT2D eigenvalue weighted by Gasteiger charge is 2.13. The molecule has 0 atom stereocenters. The van der Waals surface area contributed by atoms with Crippen LogP contribution in [-0.4, -0.2) is 9.55 Å². The number of hydrogen-bond acceptors (Lipinski definition) is 4. The van der Waals surface area contributed by atoms with Crippen molar-refractivity contribution in [2.75, 3.05) is 0 Å². The second-order valence-electron chi connectivity index (χ2n) is 5.83. The summed E-state index contributed by atoms with van der Waals surface area (Å²) in [5.41, 5.74) is 3.16. The van der Waals surface area contributed by atoms with Crippen molar-refractivity contribution in [3.63, 3.8) is 0 Å². The van der Waals surface area contributed by atoms with Crippen LogP contribution in [0, 0.1) is 11.3 Å². The number of halogens is 1. The van der Waals surface area contributed by atoms with Crippen molar-refractivity contribution >= 4 is 33.2 Å². The molecule has 0 aliphatic heterocycles. The van der Waals surface area contributed by atoms with Crippen LogP contribution in [0.5, 0.6) is 0 Å². The maximum absolute atomic E-state index is 13.0. The molecule has 0 saturated carbocycles. The summed E-state index contributed by atoms with van der Waals surface area (Å²) in [4.78, 5) is 18.2. The lowest BCUT2D eigenvalue weighted by Crippen LogP contribution is -2.21. The molecule has 0 aliphatic rings. The van der Waals surface area contributed by atoms with Crippen LogP contribution in [-0.2, 0) is 6.54 Å². The third-order valence-corrected chi connectivity index (χ3v) is 5.26. The fraction of sp³-hybridized carbons (Fsp3) is 0.0500. The van der Waals surface area contributed by atoms with Crippen LogP contribution < -0.4 is 5.56 Å². The van der Waals surface area contributed by atoms with E-state index in [9.17, 15) is 4.79 Å². The van der Waals surface area contributed by atoms with Gasteiger partial charge in [-0.2, -0.15) is 5.26 Å². The fourth-order valence-corrected chi connectivity index (χ4v) is 3.89. The highest BCUT2D eigenvalue weighted by atomic mass is 35.5. The van der Waals surface area contributed by atoms with Gasteiger partial charge in [-0.05, 0) is 35.4 Å². The average Bonchev–Trinajstić information content (AvgIpc) is 3.10. The van der Waals surface area contributed by atoms with E-state index in [1.807, 2.05) is 41.8 Å². The SMILES string of the molecule is N#Cc1cccc(Cn2cnc3scc(-c4ccc(Cl)cc4)c3c2=O)c1. The monoisotopic (exact) mass is 377 g/mol.